The monoisotopic (exact) mass is 1010 g/mol. The molecule has 1 saturated heterocycles. The number of carbonyl (C=O) groups is 1. The molecule has 6 unspecified atom stereocenters. The van der Waals surface area contributed by atoms with E-state index >= 15 is 0 Å². The van der Waals surface area contributed by atoms with E-state index in [4.69, 9.17) is 18.9 Å². The van der Waals surface area contributed by atoms with Crippen LogP contribution in [-0.4, -0.2) is 97.5 Å². The lowest BCUT2D eigenvalue weighted by molar-refractivity contribution is -0.301. The molecular weight excluding hydrogens is 909 g/mol. The molecule has 0 bridgehead atoms. The molecular formula is C57H100O12S. The van der Waals surface area contributed by atoms with Crippen LogP contribution in [0.25, 0.3) is 0 Å². The predicted molar refractivity (Wildman–Crippen MR) is 285 cm³/mol. The fourth-order valence-electron chi connectivity index (χ4n) is 8.17. The van der Waals surface area contributed by atoms with Crippen molar-refractivity contribution in [3.63, 3.8) is 0 Å². The van der Waals surface area contributed by atoms with E-state index < -0.39 is 59.8 Å². The number of esters is 1. The highest BCUT2D eigenvalue weighted by atomic mass is 32.3. The maximum absolute atomic E-state index is 12.9. The fourth-order valence-corrected chi connectivity index (χ4v) is 8.67. The summed E-state index contributed by atoms with van der Waals surface area (Å²) in [4.78, 5) is 12.9. The van der Waals surface area contributed by atoms with Gasteiger partial charge in [-0.3, -0.25) is 9.35 Å². The van der Waals surface area contributed by atoms with Gasteiger partial charge in [-0.1, -0.05) is 202 Å². The van der Waals surface area contributed by atoms with Crippen LogP contribution < -0.4 is 0 Å². The summed E-state index contributed by atoms with van der Waals surface area (Å²) in [7, 11) is -5.07. The molecule has 12 nitrogen and oxygen atoms in total. The molecule has 1 rings (SSSR count). The second-order valence-electron chi connectivity index (χ2n) is 18.8. The number of aliphatic hydroxyl groups excluding tert-OH is 3. The van der Waals surface area contributed by atoms with Gasteiger partial charge in [0.05, 0.1) is 19.8 Å². The Morgan fingerprint density at radius 1 is 0.557 bits per heavy atom. The summed E-state index contributed by atoms with van der Waals surface area (Å²) in [5.74, 6) is -0.418. The minimum atomic E-state index is -5.07. The van der Waals surface area contributed by atoms with Gasteiger partial charge in [0.25, 0.3) is 0 Å². The third-order valence-electron chi connectivity index (χ3n) is 12.3. The number of ether oxygens (including phenoxy) is 4. The Hall–Kier alpha value is -2.46. The van der Waals surface area contributed by atoms with Crippen molar-refractivity contribution >= 4 is 16.4 Å². The van der Waals surface area contributed by atoms with Crippen LogP contribution in [0.3, 0.4) is 0 Å². The van der Waals surface area contributed by atoms with Crippen molar-refractivity contribution in [3.05, 3.63) is 72.9 Å². The summed E-state index contributed by atoms with van der Waals surface area (Å²) in [5.41, 5.74) is 0. The molecule has 0 aliphatic carbocycles. The molecule has 0 radical (unpaired) electrons. The molecule has 1 heterocycles. The number of allylic oxidation sites excluding steroid dienone is 12. The minimum absolute atomic E-state index is 0.0242. The van der Waals surface area contributed by atoms with Crippen LogP contribution in [0.4, 0.5) is 0 Å². The summed E-state index contributed by atoms with van der Waals surface area (Å²) in [6.07, 6.45) is 53.6. The predicted octanol–water partition coefficient (Wildman–Crippen LogP) is 13.4. The van der Waals surface area contributed by atoms with Crippen LogP contribution in [-0.2, 0) is 38.3 Å². The van der Waals surface area contributed by atoms with E-state index in [2.05, 4.69) is 90.9 Å². The van der Waals surface area contributed by atoms with Crippen molar-refractivity contribution in [1.29, 1.82) is 0 Å². The van der Waals surface area contributed by atoms with E-state index in [1.807, 2.05) is 0 Å². The Morgan fingerprint density at radius 2 is 0.986 bits per heavy atom. The maximum Gasteiger partial charge on any atom is 0.397 e. The molecule has 0 amide bonds. The topological polar surface area (TPSA) is 178 Å². The number of hydrogen-bond acceptors (Lipinski definition) is 11. The highest BCUT2D eigenvalue weighted by Gasteiger charge is 2.48. The second kappa shape index (κ2) is 47.5. The van der Waals surface area contributed by atoms with E-state index in [9.17, 15) is 33.1 Å². The lowest BCUT2D eigenvalue weighted by Crippen LogP contribution is -2.60. The van der Waals surface area contributed by atoms with Crippen molar-refractivity contribution < 1.29 is 56.2 Å². The van der Waals surface area contributed by atoms with Crippen molar-refractivity contribution in [1.82, 2.24) is 0 Å². The Bertz CT molecular complexity index is 1490. The Kier molecular flexibility index (Phi) is 44.5. The molecule has 1 fully saturated rings. The normalized spacial score (nSPS) is 19.7. The van der Waals surface area contributed by atoms with Gasteiger partial charge in [-0.15, -0.1) is 0 Å². The summed E-state index contributed by atoms with van der Waals surface area (Å²) < 4.78 is 59.4. The molecule has 0 aromatic rings. The highest BCUT2D eigenvalue weighted by molar-refractivity contribution is 7.80. The van der Waals surface area contributed by atoms with Gasteiger partial charge in [-0.2, -0.15) is 8.42 Å². The molecule has 4 N–H and O–H groups in total. The molecule has 6 atom stereocenters. The smallest absolute Gasteiger partial charge is 0.397 e. The van der Waals surface area contributed by atoms with Crippen molar-refractivity contribution in [2.24, 2.45) is 0 Å². The SMILES string of the molecule is CC/C=C\C/C=C\C/C=C\C/C=C\C/C=C\CCCCCCCC(=O)OC(COCCCCCCCCCCCC/C=C\CCCCCCCCCC)COC1OC(CO)C(O)C(OS(=O)(=O)O)C1O. The largest absolute Gasteiger partial charge is 0.457 e. The Balaban J connectivity index is 2.35. The zero-order valence-electron chi connectivity index (χ0n) is 43.8. The summed E-state index contributed by atoms with van der Waals surface area (Å²) in [6.45, 7) is 3.87. The molecule has 0 spiro atoms. The van der Waals surface area contributed by atoms with Crippen molar-refractivity contribution in [3.8, 4) is 0 Å². The lowest BCUT2D eigenvalue weighted by Gasteiger charge is -2.41. The zero-order chi connectivity index (χ0) is 51.0. The van der Waals surface area contributed by atoms with Crippen LogP contribution in [0.2, 0.25) is 0 Å². The van der Waals surface area contributed by atoms with Crippen LogP contribution in [0, 0.1) is 0 Å². The standard InChI is InChI=1S/C57H100O12S/c1-3-5-7-9-11-13-15-17-19-21-23-25-27-29-31-33-35-37-39-41-43-45-47-65-49-51(50-66-57-55(61)56(69-70(62,63)64)54(60)52(48-58)68-57)67-53(59)46-44-42-40-38-36-34-32-30-28-26-24-22-20-18-16-14-12-10-8-6-4-2/h6,8,12,14,18,20-21,23-24,26,30,32,51-52,54-58,60-61H,3-5,7,9-11,13,15-17,19,22,25,27-29,31,33-50H2,1-2H3,(H,62,63,64)/b8-6-,14-12-,20-18-,23-21-,26-24-,32-30-. The van der Waals surface area contributed by atoms with E-state index in [1.165, 1.54) is 109 Å². The first kappa shape index (κ1) is 65.6. The third kappa shape index (κ3) is 40.1. The second-order valence-corrected chi connectivity index (χ2v) is 19.8. The van der Waals surface area contributed by atoms with Gasteiger partial charge in [0.15, 0.2) is 6.29 Å². The average Bonchev–Trinajstić information content (AvgIpc) is 3.34. The van der Waals surface area contributed by atoms with Crippen LogP contribution >= 0.6 is 0 Å². The lowest BCUT2D eigenvalue weighted by atomic mass is 9.99. The number of aliphatic hydroxyl groups is 3. The molecule has 1 aliphatic heterocycles. The van der Waals surface area contributed by atoms with E-state index in [0.717, 1.165) is 83.5 Å². The molecule has 406 valence electrons. The van der Waals surface area contributed by atoms with E-state index in [1.54, 1.807) is 0 Å². The van der Waals surface area contributed by atoms with Gasteiger partial charge in [0, 0.05) is 13.0 Å². The summed E-state index contributed by atoms with van der Waals surface area (Å²) in [6, 6.07) is 0. The Morgan fingerprint density at radius 3 is 1.46 bits per heavy atom. The molecule has 70 heavy (non-hydrogen) atoms. The molecule has 0 aromatic carbocycles. The van der Waals surface area contributed by atoms with Crippen molar-refractivity contribution in [2.45, 2.75) is 256 Å². The average molecular weight is 1010 g/mol. The summed E-state index contributed by atoms with van der Waals surface area (Å²) >= 11 is 0. The molecule has 0 aromatic heterocycles. The minimum Gasteiger partial charge on any atom is -0.457 e. The maximum atomic E-state index is 12.9. The molecule has 0 saturated carbocycles. The molecule has 13 heteroatoms. The summed E-state index contributed by atoms with van der Waals surface area (Å²) in [5, 5.41) is 30.8. The first-order chi connectivity index (χ1) is 34.1. The first-order valence-corrected chi connectivity index (χ1v) is 29.1. The van der Waals surface area contributed by atoms with Gasteiger partial charge < -0.3 is 34.3 Å². The van der Waals surface area contributed by atoms with E-state index in [-0.39, 0.29) is 19.6 Å². The molecule has 1 aliphatic rings. The van der Waals surface area contributed by atoms with Crippen LogP contribution in [0.15, 0.2) is 72.9 Å². The van der Waals surface area contributed by atoms with Gasteiger partial charge in [0.2, 0.25) is 0 Å². The Labute approximate surface area is 426 Å². The van der Waals surface area contributed by atoms with Crippen LogP contribution in [0.1, 0.15) is 219 Å². The zero-order valence-corrected chi connectivity index (χ0v) is 44.6. The van der Waals surface area contributed by atoms with Gasteiger partial charge in [0.1, 0.15) is 30.5 Å². The van der Waals surface area contributed by atoms with Crippen molar-refractivity contribution in [2.75, 3.05) is 26.4 Å². The quantitative estimate of drug-likeness (QED) is 0.0197. The number of unbranched alkanes of at least 4 members (excludes halogenated alkanes) is 23. The number of carbonyl (C=O) groups excluding carboxylic acids is 1. The number of hydrogen-bond donors (Lipinski definition) is 4. The van der Waals surface area contributed by atoms with Gasteiger partial charge >= 0.3 is 16.4 Å². The van der Waals surface area contributed by atoms with Gasteiger partial charge in [-0.25, -0.2) is 4.18 Å². The third-order valence-corrected chi connectivity index (χ3v) is 12.8. The van der Waals surface area contributed by atoms with Crippen LogP contribution in [0.5, 0.6) is 0 Å². The fraction of sp³-hybridized carbons (Fsp3) is 0.772. The van der Waals surface area contributed by atoms with Gasteiger partial charge in [-0.05, 0) is 83.5 Å². The van der Waals surface area contributed by atoms with E-state index in [0.29, 0.717) is 13.0 Å². The number of rotatable bonds is 48. The highest BCUT2D eigenvalue weighted by Crippen LogP contribution is 2.26. The first-order valence-electron chi connectivity index (χ1n) is 27.7.